The van der Waals surface area contributed by atoms with E-state index in [4.69, 9.17) is 0 Å². The van der Waals surface area contributed by atoms with Crippen LogP contribution in [0.4, 0.5) is 5.82 Å². The summed E-state index contributed by atoms with van der Waals surface area (Å²) in [5.74, 6) is -0.0506. The molecule has 2 saturated carbocycles. The molecule has 1 aromatic heterocycles. The number of rotatable bonds is 9. The van der Waals surface area contributed by atoms with Gasteiger partial charge < -0.3 is 15.5 Å². The number of aryl methyl sites for hydroxylation is 1. The number of hydrogen-bond donors (Lipinski definition) is 2. The van der Waals surface area contributed by atoms with Gasteiger partial charge in [-0.05, 0) is 50.3 Å². The van der Waals surface area contributed by atoms with Crippen molar-refractivity contribution < 1.29 is 14.4 Å². The maximum Gasteiger partial charge on any atom is 0.247 e. The Hall–Kier alpha value is -3.22. The Bertz CT molecular complexity index is 1010. The van der Waals surface area contributed by atoms with E-state index in [1.165, 1.54) is 6.42 Å². The lowest BCUT2D eigenvalue weighted by Gasteiger charge is -2.37. The van der Waals surface area contributed by atoms with Crippen molar-refractivity contribution in [2.24, 2.45) is 0 Å². The third kappa shape index (κ3) is 6.93. The van der Waals surface area contributed by atoms with E-state index in [1.54, 1.807) is 29.3 Å². The predicted molar refractivity (Wildman–Crippen MR) is 140 cm³/mol. The van der Waals surface area contributed by atoms with Crippen LogP contribution in [-0.2, 0) is 14.4 Å². The summed E-state index contributed by atoms with van der Waals surface area (Å²) in [6.45, 7) is 2.01. The Kier molecular flexibility index (Phi) is 9.09. The van der Waals surface area contributed by atoms with Crippen molar-refractivity contribution in [3.8, 4) is 0 Å². The predicted octanol–water partition coefficient (Wildman–Crippen LogP) is 5.07. The van der Waals surface area contributed by atoms with Gasteiger partial charge in [0.25, 0.3) is 0 Å². The van der Waals surface area contributed by atoms with E-state index in [0.717, 1.165) is 62.5 Å². The first-order chi connectivity index (χ1) is 17.5. The first kappa shape index (κ1) is 25.9. The van der Waals surface area contributed by atoms with E-state index in [9.17, 15) is 14.4 Å². The zero-order valence-electron chi connectivity index (χ0n) is 21.2. The highest BCUT2D eigenvalue weighted by molar-refractivity contribution is 5.94. The normalized spacial score (nSPS) is 17.4. The fourth-order valence-corrected chi connectivity index (χ4v) is 5.45. The fourth-order valence-electron chi connectivity index (χ4n) is 5.45. The number of carbonyl (C=O) groups excluding carboxylic acids is 3. The van der Waals surface area contributed by atoms with Crippen molar-refractivity contribution in [3.63, 3.8) is 0 Å². The molecule has 4 rings (SSSR count). The SMILES string of the molecule is Cc1ccc([C@H](C(=O)NC2CCCCC2)N(C(=O)CCC(=O)Nc2ccccn2)C2CCCC2)cc1. The number of nitrogens with zero attached hydrogens (tertiary/aromatic N) is 2. The van der Waals surface area contributed by atoms with Gasteiger partial charge in [0.2, 0.25) is 17.7 Å². The van der Waals surface area contributed by atoms with E-state index in [2.05, 4.69) is 15.6 Å². The topological polar surface area (TPSA) is 91.4 Å². The van der Waals surface area contributed by atoms with E-state index < -0.39 is 6.04 Å². The minimum Gasteiger partial charge on any atom is -0.351 e. The van der Waals surface area contributed by atoms with Gasteiger partial charge in [-0.25, -0.2) is 4.98 Å². The van der Waals surface area contributed by atoms with Crippen LogP contribution in [0.5, 0.6) is 0 Å². The third-order valence-electron chi connectivity index (χ3n) is 7.38. The molecule has 0 spiro atoms. The van der Waals surface area contributed by atoms with Crippen LogP contribution in [-0.4, -0.2) is 39.7 Å². The summed E-state index contributed by atoms with van der Waals surface area (Å²) in [6, 6.07) is 12.7. The molecule has 0 unspecified atom stereocenters. The smallest absolute Gasteiger partial charge is 0.247 e. The zero-order chi connectivity index (χ0) is 25.3. The van der Waals surface area contributed by atoms with Gasteiger partial charge in [0.1, 0.15) is 11.9 Å². The van der Waals surface area contributed by atoms with Gasteiger partial charge >= 0.3 is 0 Å². The van der Waals surface area contributed by atoms with Crippen molar-refractivity contribution in [1.82, 2.24) is 15.2 Å². The zero-order valence-corrected chi connectivity index (χ0v) is 21.2. The molecule has 36 heavy (non-hydrogen) atoms. The molecular weight excluding hydrogens is 452 g/mol. The molecular formula is C29H38N4O3. The summed E-state index contributed by atoms with van der Waals surface area (Å²) in [7, 11) is 0. The van der Waals surface area contributed by atoms with Gasteiger partial charge in [0.15, 0.2) is 0 Å². The van der Waals surface area contributed by atoms with Crippen molar-refractivity contribution in [2.45, 2.75) is 95.7 Å². The molecule has 2 aliphatic rings. The number of anilines is 1. The van der Waals surface area contributed by atoms with Crippen LogP contribution in [0.2, 0.25) is 0 Å². The molecule has 1 aromatic carbocycles. The molecule has 2 aromatic rings. The molecule has 2 fully saturated rings. The average Bonchev–Trinajstić information content (AvgIpc) is 3.42. The summed E-state index contributed by atoms with van der Waals surface area (Å²) in [6.07, 6.45) is 11.0. The standard InChI is InChI=1S/C29H38N4O3/c1-21-14-16-22(17-15-21)28(29(36)31-23-9-3-2-4-10-23)33(24-11-5-6-12-24)27(35)19-18-26(34)32-25-13-7-8-20-30-25/h7-8,13-17,20,23-24,28H,2-6,9-12,18-19H2,1H3,(H,31,36)(H,30,32,34)/t28-/m1/s1. The van der Waals surface area contributed by atoms with Crippen molar-refractivity contribution in [1.29, 1.82) is 0 Å². The van der Waals surface area contributed by atoms with E-state index in [-0.39, 0.29) is 42.6 Å². The summed E-state index contributed by atoms with van der Waals surface area (Å²) >= 11 is 0. The fraction of sp³-hybridized carbons (Fsp3) is 0.517. The third-order valence-corrected chi connectivity index (χ3v) is 7.38. The van der Waals surface area contributed by atoms with Crippen LogP contribution < -0.4 is 10.6 Å². The Balaban J connectivity index is 1.53. The Morgan fingerprint density at radius 2 is 1.61 bits per heavy atom. The Morgan fingerprint density at radius 1 is 0.917 bits per heavy atom. The van der Waals surface area contributed by atoms with Crippen LogP contribution in [0.1, 0.15) is 87.8 Å². The van der Waals surface area contributed by atoms with E-state index in [0.29, 0.717) is 5.82 Å². The highest BCUT2D eigenvalue weighted by Crippen LogP contribution is 2.33. The van der Waals surface area contributed by atoms with Gasteiger partial charge in [-0.2, -0.15) is 0 Å². The summed E-state index contributed by atoms with van der Waals surface area (Å²) in [4.78, 5) is 45.9. The molecule has 0 aliphatic heterocycles. The average molecular weight is 491 g/mol. The van der Waals surface area contributed by atoms with Crippen LogP contribution in [0.25, 0.3) is 0 Å². The highest BCUT2D eigenvalue weighted by Gasteiger charge is 2.38. The largest absolute Gasteiger partial charge is 0.351 e. The first-order valence-corrected chi connectivity index (χ1v) is 13.4. The number of amides is 3. The van der Waals surface area contributed by atoms with Crippen molar-refractivity contribution in [2.75, 3.05) is 5.32 Å². The number of benzene rings is 1. The first-order valence-electron chi connectivity index (χ1n) is 13.4. The molecule has 2 N–H and O–H groups in total. The number of hydrogen-bond acceptors (Lipinski definition) is 4. The lowest BCUT2D eigenvalue weighted by atomic mass is 9.94. The van der Waals surface area contributed by atoms with Gasteiger partial charge in [-0.15, -0.1) is 0 Å². The summed E-state index contributed by atoms with van der Waals surface area (Å²) < 4.78 is 0. The molecule has 0 bridgehead atoms. The Morgan fingerprint density at radius 3 is 2.28 bits per heavy atom. The van der Waals surface area contributed by atoms with Gasteiger partial charge in [-0.3, -0.25) is 14.4 Å². The maximum atomic E-state index is 13.8. The molecule has 1 atom stereocenters. The number of pyridine rings is 1. The van der Waals surface area contributed by atoms with Gasteiger partial charge in [-0.1, -0.05) is 68.0 Å². The molecule has 7 nitrogen and oxygen atoms in total. The monoisotopic (exact) mass is 490 g/mol. The van der Waals surface area contributed by atoms with E-state index >= 15 is 0 Å². The molecule has 7 heteroatoms. The lowest BCUT2D eigenvalue weighted by molar-refractivity contribution is -0.144. The summed E-state index contributed by atoms with van der Waals surface area (Å²) in [5, 5.41) is 6.02. The molecule has 192 valence electrons. The lowest BCUT2D eigenvalue weighted by Crippen LogP contribution is -2.50. The van der Waals surface area contributed by atoms with Crippen LogP contribution >= 0.6 is 0 Å². The molecule has 2 aliphatic carbocycles. The molecule has 3 amide bonds. The van der Waals surface area contributed by atoms with Gasteiger partial charge in [0.05, 0.1) is 0 Å². The van der Waals surface area contributed by atoms with Crippen LogP contribution in [0.3, 0.4) is 0 Å². The molecule has 0 radical (unpaired) electrons. The molecule has 1 heterocycles. The van der Waals surface area contributed by atoms with Crippen molar-refractivity contribution in [3.05, 3.63) is 59.8 Å². The van der Waals surface area contributed by atoms with Crippen LogP contribution in [0, 0.1) is 6.92 Å². The van der Waals surface area contributed by atoms with Crippen molar-refractivity contribution >= 4 is 23.5 Å². The quantitative estimate of drug-likeness (QED) is 0.513. The molecule has 0 saturated heterocycles. The minimum absolute atomic E-state index is 0.000222. The maximum absolute atomic E-state index is 13.8. The van der Waals surface area contributed by atoms with Gasteiger partial charge in [0, 0.05) is 31.1 Å². The Labute approximate surface area is 214 Å². The number of nitrogens with one attached hydrogen (secondary N) is 2. The second-order valence-electron chi connectivity index (χ2n) is 10.2. The van der Waals surface area contributed by atoms with Crippen LogP contribution in [0.15, 0.2) is 48.7 Å². The highest BCUT2D eigenvalue weighted by atomic mass is 16.2. The minimum atomic E-state index is -0.693. The van der Waals surface area contributed by atoms with E-state index in [1.807, 2.05) is 31.2 Å². The number of aromatic nitrogens is 1. The second kappa shape index (κ2) is 12.7. The second-order valence-corrected chi connectivity index (χ2v) is 10.2. The number of carbonyl (C=O) groups is 3. The summed E-state index contributed by atoms with van der Waals surface area (Å²) in [5.41, 5.74) is 1.93.